The lowest BCUT2D eigenvalue weighted by Crippen LogP contribution is -2.17. The lowest BCUT2D eigenvalue weighted by molar-refractivity contribution is 0.286. The number of hydrogen-bond acceptors (Lipinski definition) is 4. The van der Waals surface area contributed by atoms with E-state index in [2.05, 4.69) is 16.5 Å². The molecule has 1 N–H and O–H groups in total. The fraction of sp³-hybridized carbons (Fsp3) is 0.438. The molecule has 1 aromatic carbocycles. The first-order chi connectivity index (χ1) is 10.3. The highest BCUT2D eigenvalue weighted by Crippen LogP contribution is 2.26. The van der Waals surface area contributed by atoms with Gasteiger partial charge in [-0.25, -0.2) is 0 Å². The summed E-state index contributed by atoms with van der Waals surface area (Å²) in [5.41, 5.74) is 1.17. The van der Waals surface area contributed by atoms with Crippen LogP contribution in [0.1, 0.15) is 18.4 Å². The van der Waals surface area contributed by atoms with Crippen molar-refractivity contribution in [3.63, 3.8) is 0 Å². The number of rotatable bonds is 8. The minimum absolute atomic E-state index is 0.589. The fourth-order valence-corrected chi connectivity index (χ4v) is 2.17. The third kappa shape index (κ3) is 3.98. The van der Waals surface area contributed by atoms with E-state index in [0.29, 0.717) is 12.6 Å². The Hall–Kier alpha value is -2.01. The second-order valence-corrected chi connectivity index (χ2v) is 5.25. The van der Waals surface area contributed by atoms with Crippen molar-refractivity contribution < 1.29 is 9.47 Å². The molecule has 1 heterocycles. The maximum atomic E-state index is 5.92. The van der Waals surface area contributed by atoms with E-state index >= 15 is 0 Å². The Kier molecular flexibility index (Phi) is 4.40. The van der Waals surface area contributed by atoms with Crippen LogP contribution in [0, 0.1) is 0 Å². The van der Waals surface area contributed by atoms with Gasteiger partial charge in [0.05, 0.1) is 13.7 Å². The molecule has 0 atom stereocenters. The molecule has 112 valence electrons. The van der Waals surface area contributed by atoms with Gasteiger partial charge in [0, 0.05) is 36.6 Å². The number of benzene rings is 1. The fourth-order valence-electron chi connectivity index (χ4n) is 2.17. The third-order valence-electron chi connectivity index (χ3n) is 3.57. The lowest BCUT2D eigenvalue weighted by Gasteiger charge is -2.13. The second kappa shape index (κ2) is 6.63. The zero-order valence-electron chi connectivity index (χ0n) is 12.3. The van der Waals surface area contributed by atoms with E-state index in [1.165, 1.54) is 18.4 Å². The van der Waals surface area contributed by atoms with Gasteiger partial charge in [0.25, 0.3) is 0 Å². The first-order valence-corrected chi connectivity index (χ1v) is 7.35. The van der Waals surface area contributed by atoms with Crippen molar-refractivity contribution in [1.82, 2.24) is 15.1 Å². The molecule has 1 aliphatic carbocycles. The molecule has 1 aromatic heterocycles. The van der Waals surface area contributed by atoms with E-state index in [-0.39, 0.29) is 0 Å². The summed E-state index contributed by atoms with van der Waals surface area (Å²) in [6.07, 6.45) is 6.28. The number of nitrogens with one attached hydrogen (secondary N) is 1. The lowest BCUT2D eigenvalue weighted by atomic mass is 10.2. The molecule has 0 spiro atoms. The van der Waals surface area contributed by atoms with Crippen LogP contribution in [0.2, 0.25) is 0 Å². The number of nitrogens with zero attached hydrogens (tertiary/aromatic N) is 2. The summed E-state index contributed by atoms with van der Waals surface area (Å²) < 4.78 is 13.1. The number of aromatic nitrogens is 2. The minimum Gasteiger partial charge on any atom is -0.497 e. The van der Waals surface area contributed by atoms with Gasteiger partial charge in [-0.3, -0.25) is 4.68 Å². The van der Waals surface area contributed by atoms with Crippen LogP contribution >= 0.6 is 0 Å². The van der Waals surface area contributed by atoms with E-state index in [4.69, 9.17) is 9.47 Å². The second-order valence-electron chi connectivity index (χ2n) is 5.25. The quantitative estimate of drug-likeness (QED) is 0.809. The monoisotopic (exact) mass is 287 g/mol. The van der Waals surface area contributed by atoms with Gasteiger partial charge in [-0.1, -0.05) is 6.07 Å². The number of ether oxygens (including phenoxy) is 2. The van der Waals surface area contributed by atoms with Crippen molar-refractivity contribution in [2.75, 3.05) is 13.7 Å². The molecule has 1 fully saturated rings. The molecule has 2 aromatic rings. The highest BCUT2D eigenvalue weighted by molar-refractivity contribution is 5.40. The van der Waals surface area contributed by atoms with Crippen molar-refractivity contribution in [2.24, 2.45) is 0 Å². The zero-order chi connectivity index (χ0) is 14.5. The van der Waals surface area contributed by atoms with Gasteiger partial charge in [-0.15, -0.1) is 0 Å². The largest absolute Gasteiger partial charge is 0.497 e. The van der Waals surface area contributed by atoms with Crippen molar-refractivity contribution in [3.05, 3.63) is 42.2 Å². The minimum atomic E-state index is 0.589. The van der Waals surface area contributed by atoms with Crippen LogP contribution in [0.4, 0.5) is 0 Å². The van der Waals surface area contributed by atoms with Gasteiger partial charge in [0.1, 0.15) is 18.1 Å². The van der Waals surface area contributed by atoms with E-state index in [9.17, 15) is 0 Å². The normalized spacial score (nSPS) is 14.1. The highest BCUT2D eigenvalue weighted by atomic mass is 16.5. The summed E-state index contributed by atoms with van der Waals surface area (Å²) in [6.45, 7) is 2.16. The Morgan fingerprint density at radius 1 is 1.38 bits per heavy atom. The first-order valence-electron chi connectivity index (χ1n) is 7.35. The van der Waals surface area contributed by atoms with E-state index in [0.717, 1.165) is 24.6 Å². The van der Waals surface area contributed by atoms with Gasteiger partial charge in [0.2, 0.25) is 0 Å². The molecule has 5 heteroatoms. The predicted octanol–water partition coefficient (Wildman–Crippen LogP) is 2.22. The Morgan fingerprint density at radius 2 is 2.29 bits per heavy atom. The van der Waals surface area contributed by atoms with Gasteiger partial charge in [-0.2, -0.15) is 5.10 Å². The predicted molar refractivity (Wildman–Crippen MR) is 80.6 cm³/mol. The molecule has 3 rings (SSSR count). The average molecular weight is 287 g/mol. The van der Waals surface area contributed by atoms with Crippen molar-refractivity contribution in [2.45, 2.75) is 32.0 Å². The highest BCUT2D eigenvalue weighted by Gasteiger charge is 2.20. The van der Waals surface area contributed by atoms with Gasteiger partial charge >= 0.3 is 0 Å². The summed E-state index contributed by atoms with van der Waals surface area (Å²) >= 11 is 0. The van der Waals surface area contributed by atoms with E-state index in [1.54, 1.807) is 13.3 Å². The maximum Gasteiger partial charge on any atom is 0.127 e. The molecule has 1 aliphatic rings. The van der Waals surface area contributed by atoms with Crippen LogP contribution in [0.15, 0.2) is 36.7 Å². The maximum absolute atomic E-state index is 5.92. The zero-order valence-corrected chi connectivity index (χ0v) is 12.3. The molecule has 5 nitrogen and oxygen atoms in total. The Labute approximate surface area is 124 Å². The molecule has 0 bridgehead atoms. The average Bonchev–Trinajstić information content (AvgIpc) is 3.20. The summed E-state index contributed by atoms with van der Waals surface area (Å²) in [6, 6.07) is 8.59. The van der Waals surface area contributed by atoms with Crippen LogP contribution in [0.5, 0.6) is 11.5 Å². The molecular weight excluding hydrogens is 266 g/mol. The van der Waals surface area contributed by atoms with Crippen LogP contribution in [-0.2, 0) is 13.1 Å². The summed E-state index contributed by atoms with van der Waals surface area (Å²) in [4.78, 5) is 0. The van der Waals surface area contributed by atoms with Gasteiger partial charge in [0.15, 0.2) is 0 Å². The number of hydrogen-bond donors (Lipinski definition) is 1. The number of methoxy groups -OCH3 is 1. The van der Waals surface area contributed by atoms with Crippen molar-refractivity contribution >= 4 is 0 Å². The SMILES string of the molecule is COc1ccc(CNC2CC2)c(OCCn2cccn2)c1. The Balaban J connectivity index is 1.61. The summed E-state index contributed by atoms with van der Waals surface area (Å²) in [5, 5.41) is 7.69. The van der Waals surface area contributed by atoms with Crippen LogP contribution in [-0.4, -0.2) is 29.5 Å². The first kappa shape index (κ1) is 13.9. The summed E-state index contributed by atoms with van der Waals surface area (Å²) in [7, 11) is 1.67. The van der Waals surface area contributed by atoms with Crippen molar-refractivity contribution in [3.8, 4) is 11.5 Å². The van der Waals surface area contributed by atoms with Crippen LogP contribution in [0.25, 0.3) is 0 Å². The topological polar surface area (TPSA) is 48.3 Å². The third-order valence-corrected chi connectivity index (χ3v) is 3.57. The molecular formula is C16H21N3O2. The molecule has 0 radical (unpaired) electrons. The van der Waals surface area contributed by atoms with Gasteiger partial charge in [-0.05, 0) is 25.0 Å². The smallest absolute Gasteiger partial charge is 0.127 e. The molecule has 0 unspecified atom stereocenters. The molecule has 1 saturated carbocycles. The standard InChI is InChI=1S/C16H21N3O2/c1-20-15-6-3-13(12-17-14-4-5-14)16(11-15)21-10-9-19-8-2-7-18-19/h2-3,6-8,11,14,17H,4-5,9-10,12H2,1H3. The van der Waals surface area contributed by atoms with Gasteiger partial charge < -0.3 is 14.8 Å². The molecule has 0 aliphatic heterocycles. The molecule has 0 amide bonds. The Bertz CT molecular complexity index is 565. The Morgan fingerprint density at radius 3 is 3.00 bits per heavy atom. The molecule has 0 saturated heterocycles. The van der Waals surface area contributed by atoms with Crippen LogP contribution < -0.4 is 14.8 Å². The summed E-state index contributed by atoms with van der Waals surface area (Å²) in [5.74, 6) is 1.70. The van der Waals surface area contributed by atoms with E-state index in [1.807, 2.05) is 29.1 Å². The molecule has 21 heavy (non-hydrogen) atoms. The van der Waals surface area contributed by atoms with Crippen LogP contribution in [0.3, 0.4) is 0 Å². The van der Waals surface area contributed by atoms with Crippen molar-refractivity contribution in [1.29, 1.82) is 0 Å². The van der Waals surface area contributed by atoms with E-state index < -0.39 is 0 Å².